The minimum atomic E-state index is -4.41. The molecule has 0 spiro atoms. The van der Waals surface area contributed by atoms with Crippen molar-refractivity contribution in [2.24, 2.45) is 0 Å². The maximum atomic E-state index is 13.1. The van der Waals surface area contributed by atoms with Gasteiger partial charge in [0.1, 0.15) is 23.9 Å². The summed E-state index contributed by atoms with van der Waals surface area (Å²) in [5.41, 5.74) is 3.94. The van der Waals surface area contributed by atoms with Crippen molar-refractivity contribution in [3.8, 4) is 39.5 Å². The van der Waals surface area contributed by atoms with Crippen LogP contribution in [0.4, 0.5) is 13.2 Å². The Hall–Kier alpha value is -4.46. The predicted octanol–water partition coefficient (Wildman–Crippen LogP) is 7.40. The van der Waals surface area contributed by atoms with Crippen LogP contribution < -0.4 is 14.2 Å². The molecule has 0 saturated carbocycles. The highest BCUT2D eigenvalue weighted by Gasteiger charge is 2.30. The highest BCUT2D eigenvalue weighted by molar-refractivity contribution is 5.75. The van der Waals surface area contributed by atoms with Gasteiger partial charge < -0.3 is 19.3 Å². The molecule has 0 atom stereocenters. The smallest absolute Gasteiger partial charge is 0.416 e. The van der Waals surface area contributed by atoms with Crippen molar-refractivity contribution in [2.75, 3.05) is 13.7 Å². The van der Waals surface area contributed by atoms with Gasteiger partial charge in [-0.15, -0.1) is 0 Å². The molecule has 0 heterocycles. The van der Waals surface area contributed by atoms with E-state index in [0.717, 1.165) is 39.9 Å². The first-order valence-corrected chi connectivity index (χ1v) is 11.7. The molecule has 1 N–H and O–H groups in total. The second-order valence-electron chi connectivity index (χ2n) is 8.62. The Morgan fingerprint density at radius 1 is 0.789 bits per heavy atom. The van der Waals surface area contributed by atoms with E-state index in [1.54, 1.807) is 32.2 Å². The van der Waals surface area contributed by atoms with Crippen molar-refractivity contribution < 1.29 is 37.3 Å². The minimum Gasteiger partial charge on any atom is -0.497 e. The first-order valence-electron chi connectivity index (χ1n) is 11.7. The number of aliphatic carboxylic acids is 1. The van der Waals surface area contributed by atoms with E-state index in [0.29, 0.717) is 22.8 Å². The van der Waals surface area contributed by atoms with Crippen LogP contribution >= 0.6 is 0 Å². The van der Waals surface area contributed by atoms with Crippen LogP contribution in [0.15, 0.2) is 84.9 Å². The molecule has 0 radical (unpaired) electrons. The van der Waals surface area contributed by atoms with Crippen molar-refractivity contribution in [2.45, 2.75) is 19.7 Å². The third kappa shape index (κ3) is 6.64. The molecule has 0 aliphatic heterocycles. The first kappa shape index (κ1) is 26.6. The standard InChI is InChI=1S/C30H25F3O5/c1-19-12-27(10-11-28(19)38-18-29(34)35)37-17-20-13-23(21-6-8-25(9-7-21)30(31,32)33)15-24(14-20)22-4-3-5-26(16-22)36-2/h3-16H,17-18H2,1-2H3,(H,34,35). The van der Waals surface area contributed by atoms with Crippen molar-refractivity contribution >= 4 is 5.97 Å². The fourth-order valence-electron chi connectivity index (χ4n) is 3.94. The Labute approximate surface area is 218 Å². The number of methoxy groups -OCH3 is 1. The molecule has 38 heavy (non-hydrogen) atoms. The van der Waals surface area contributed by atoms with Crippen LogP contribution in [0.5, 0.6) is 17.2 Å². The van der Waals surface area contributed by atoms with Gasteiger partial charge in [-0.2, -0.15) is 13.2 Å². The lowest BCUT2D eigenvalue weighted by Gasteiger charge is -2.14. The van der Waals surface area contributed by atoms with Gasteiger partial charge in [0.15, 0.2) is 6.61 Å². The summed E-state index contributed by atoms with van der Waals surface area (Å²) in [6.45, 7) is 1.54. The predicted molar refractivity (Wildman–Crippen MR) is 138 cm³/mol. The number of aryl methyl sites for hydroxylation is 1. The Morgan fingerprint density at radius 3 is 2.13 bits per heavy atom. The lowest BCUT2D eigenvalue weighted by molar-refractivity contribution is -0.139. The fourth-order valence-corrected chi connectivity index (χ4v) is 3.94. The maximum absolute atomic E-state index is 13.1. The average molecular weight is 523 g/mol. The number of carboxylic acids is 1. The van der Waals surface area contributed by atoms with E-state index in [1.165, 1.54) is 12.1 Å². The van der Waals surface area contributed by atoms with Crippen molar-refractivity contribution in [1.82, 2.24) is 0 Å². The summed E-state index contributed by atoms with van der Waals surface area (Å²) >= 11 is 0. The van der Waals surface area contributed by atoms with Gasteiger partial charge in [0.25, 0.3) is 0 Å². The van der Waals surface area contributed by atoms with E-state index in [1.807, 2.05) is 42.5 Å². The Morgan fingerprint density at radius 2 is 1.50 bits per heavy atom. The van der Waals surface area contributed by atoms with E-state index in [9.17, 15) is 18.0 Å². The number of carboxylic acid groups (broad SMARTS) is 1. The zero-order valence-corrected chi connectivity index (χ0v) is 20.7. The van der Waals surface area contributed by atoms with E-state index < -0.39 is 24.3 Å². The topological polar surface area (TPSA) is 65.0 Å². The minimum absolute atomic E-state index is 0.195. The fraction of sp³-hybridized carbons (Fsp3) is 0.167. The Balaban J connectivity index is 1.64. The van der Waals surface area contributed by atoms with Gasteiger partial charge in [-0.25, -0.2) is 4.79 Å². The van der Waals surface area contributed by atoms with Gasteiger partial charge in [-0.3, -0.25) is 0 Å². The number of halogens is 3. The molecule has 5 nitrogen and oxygen atoms in total. The summed E-state index contributed by atoms with van der Waals surface area (Å²) in [7, 11) is 1.58. The molecule has 196 valence electrons. The van der Waals surface area contributed by atoms with Gasteiger partial charge >= 0.3 is 12.1 Å². The van der Waals surface area contributed by atoms with E-state index in [-0.39, 0.29) is 6.61 Å². The number of carbonyl (C=O) groups is 1. The molecule has 0 unspecified atom stereocenters. The van der Waals surface area contributed by atoms with Gasteiger partial charge in [-0.1, -0.05) is 24.3 Å². The summed E-state index contributed by atoms with van der Waals surface area (Å²) in [5, 5.41) is 8.81. The first-order chi connectivity index (χ1) is 18.1. The van der Waals surface area contributed by atoms with Crippen LogP contribution in [0.1, 0.15) is 16.7 Å². The third-order valence-corrected chi connectivity index (χ3v) is 5.84. The highest BCUT2D eigenvalue weighted by atomic mass is 19.4. The van der Waals surface area contributed by atoms with Crippen molar-refractivity contribution in [1.29, 1.82) is 0 Å². The number of hydrogen-bond acceptors (Lipinski definition) is 4. The van der Waals surface area contributed by atoms with Gasteiger partial charge in [0.05, 0.1) is 12.7 Å². The Bertz CT molecular complexity index is 1430. The maximum Gasteiger partial charge on any atom is 0.416 e. The molecule has 0 aliphatic carbocycles. The highest BCUT2D eigenvalue weighted by Crippen LogP contribution is 2.34. The molecule has 0 saturated heterocycles. The molecule has 0 amide bonds. The second kappa shape index (κ2) is 11.3. The summed E-state index contributed by atoms with van der Waals surface area (Å²) < 4.78 is 55.8. The molecular weight excluding hydrogens is 497 g/mol. The van der Waals surface area contributed by atoms with Crippen LogP contribution in [0, 0.1) is 6.92 Å². The molecule has 4 aromatic carbocycles. The van der Waals surface area contributed by atoms with E-state index in [2.05, 4.69) is 0 Å². The van der Waals surface area contributed by atoms with E-state index in [4.69, 9.17) is 19.3 Å². The molecule has 8 heteroatoms. The second-order valence-corrected chi connectivity index (χ2v) is 8.62. The zero-order chi connectivity index (χ0) is 27.3. The molecule has 0 bridgehead atoms. The SMILES string of the molecule is COc1cccc(-c2cc(COc3ccc(OCC(=O)O)c(C)c3)cc(-c3ccc(C(F)(F)F)cc3)c2)c1. The largest absolute Gasteiger partial charge is 0.497 e. The summed E-state index contributed by atoms with van der Waals surface area (Å²) in [5.74, 6) is 0.628. The molecule has 4 rings (SSSR count). The number of benzene rings is 4. The van der Waals surface area contributed by atoms with Crippen LogP contribution in [-0.4, -0.2) is 24.8 Å². The Kier molecular flexibility index (Phi) is 7.90. The molecule has 0 aromatic heterocycles. The summed E-state index contributed by atoms with van der Waals surface area (Å²) in [6.07, 6.45) is -4.41. The summed E-state index contributed by atoms with van der Waals surface area (Å²) in [6, 6.07) is 23.4. The number of ether oxygens (including phenoxy) is 3. The molecule has 4 aromatic rings. The van der Waals surface area contributed by atoms with Crippen LogP contribution in [-0.2, 0) is 17.6 Å². The molecular formula is C30H25F3O5. The molecule has 0 fully saturated rings. The number of rotatable bonds is 9. The van der Waals surface area contributed by atoms with Crippen molar-refractivity contribution in [3.63, 3.8) is 0 Å². The molecule has 0 aliphatic rings. The average Bonchev–Trinajstić information content (AvgIpc) is 2.90. The lowest BCUT2D eigenvalue weighted by atomic mass is 9.95. The quantitative estimate of drug-likeness (QED) is 0.248. The van der Waals surface area contributed by atoms with Gasteiger partial charge in [-0.05, 0) is 101 Å². The number of hydrogen-bond donors (Lipinski definition) is 1. The van der Waals surface area contributed by atoms with E-state index >= 15 is 0 Å². The van der Waals surface area contributed by atoms with Crippen LogP contribution in [0.3, 0.4) is 0 Å². The van der Waals surface area contributed by atoms with Crippen LogP contribution in [0.25, 0.3) is 22.3 Å². The monoisotopic (exact) mass is 522 g/mol. The number of alkyl halides is 3. The van der Waals surface area contributed by atoms with Gasteiger partial charge in [0.2, 0.25) is 0 Å². The normalized spacial score (nSPS) is 11.2. The van der Waals surface area contributed by atoms with Gasteiger partial charge in [0, 0.05) is 0 Å². The summed E-state index contributed by atoms with van der Waals surface area (Å²) in [4.78, 5) is 10.8. The third-order valence-electron chi connectivity index (χ3n) is 5.84. The van der Waals surface area contributed by atoms with Crippen LogP contribution in [0.2, 0.25) is 0 Å². The zero-order valence-electron chi connectivity index (χ0n) is 20.7. The lowest BCUT2D eigenvalue weighted by Crippen LogP contribution is -2.10. The van der Waals surface area contributed by atoms with Crippen molar-refractivity contribution in [3.05, 3.63) is 102 Å².